The molecule has 0 fully saturated rings. The molecule has 0 aliphatic heterocycles. The van der Waals surface area contributed by atoms with Crippen molar-refractivity contribution in [2.45, 2.75) is 73.5 Å². The lowest BCUT2D eigenvalue weighted by Crippen LogP contribution is -2.53. The number of aryl methyl sites for hydroxylation is 1. The minimum absolute atomic E-state index is 0.306. The van der Waals surface area contributed by atoms with Crippen LogP contribution in [0.15, 0.2) is 28.8 Å². The minimum atomic E-state index is -1.17. The van der Waals surface area contributed by atoms with Gasteiger partial charge in [0.1, 0.15) is 22.6 Å². The SMILES string of the molecule is CC(Oc1ccc(NC(=O)C(C)(C)NC(=O)OC(C)(C)C)cc1)=c1c(C)noc1=CC(C)C. The summed E-state index contributed by atoms with van der Waals surface area (Å²) in [5.74, 6) is 1.20. The van der Waals surface area contributed by atoms with Crippen molar-refractivity contribution in [2.24, 2.45) is 5.92 Å². The fraction of sp³-hybridized carbons (Fsp3) is 0.480. The van der Waals surface area contributed by atoms with Crippen LogP contribution in [0.25, 0.3) is 11.8 Å². The Labute approximate surface area is 195 Å². The van der Waals surface area contributed by atoms with Crippen LogP contribution in [0.2, 0.25) is 0 Å². The smallest absolute Gasteiger partial charge is 0.408 e. The number of hydrogen-bond donors (Lipinski definition) is 2. The average Bonchev–Trinajstić information content (AvgIpc) is 3.00. The van der Waals surface area contributed by atoms with Crippen molar-refractivity contribution < 1.29 is 23.6 Å². The third-order valence-electron chi connectivity index (χ3n) is 4.49. The molecule has 0 atom stereocenters. The van der Waals surface area contributed by atoms with Crippen LogP contribution >= 0.6 is 0 Å². The molecule has 0 saturated carbocycles. The van der Waals surface area contributed by atoms with Crippen LogP contribution in [0.3, 0.4) is 0 Å². The molecule has 1 aromatic heterocycles. The lowest BCUT2D eigenvalue weighted by molar-refractivity contribution is -0.121. The molecule has 0 radical (unpaired) electrons. The number of nitrogens with zero attached hydrogens (tertiary/aromatic N) is 1. The first kappa shape index (κ1) is 26.0. The number of carbonyl (C=O) groups excluding carboxylic acids is 2. The van der Waals surface area contributed by atoms with Crippen molar-refractivity contribution >= 4 is 29.5 Å². The Morgan fingerprint density at radius 2 is 1.70 bits per heavy atom. The Morgan fingerprint density at radius 1 is 1.09 bits per heavy atom. The standard InChI is InChI=1S/C25H35N3O5/c1-15(2)14-20-21(16(3)28-33-20)17(4)31-19-12-10-18(11-13-19)26-22(29)25(8,9)27-23(30)32-24(5,6)7/h10-15H,1-9H3,(H,26,29)(H,27,30). The van der Waals surface area contributed by atoms with Crippen LogP contribution in [0.1, 0.15) is 61.1 Å². The third-order valence-corrected chi connectivity index (χ3v) is 4.49. The van der Waals surface area contributed by atoms with Gasteiger partial charge < -0.3 is 24.6 Å². The maximum Gasteiger partial charge on any atom is 0.408 e. The molecule has 33 heavy (non-hydrogen) atoms. The number of benzene rings is 1. The van der Waals surface area contributed by atoms with Crippen molar-refractivity contribution in [3.8, 4) is 5.75 Å². The van der Waals surface area contributed by atoms with Crippen LogP contribution in [-0.2, 0) is 9.53 Å². The molecular formula is C25H35N3O5. The molecule has 180 valence electrons. The predicted molar refractivity (Wildman–Crippen MR) is 128 cm³/mol. The highest BCUT2D eigenvalue weighted by atomic mass is 16.6. The van der Waals surface area contributed by atoms with Gasteiger partial charge in [-0.25, -0.2) is 4.79 Å². The number of carbonyl (C=O) groups is 2. The zero-order chi connectivity index (χ0) is 25.0. The number of ether oxygens (including phenoxy) is 2. The molecule has 0 bridgehead atoms. The third kappa shape index (κ3) is 7.66. The van der Waals surface area contributed by atoms with Crippen LogP contribution in [0.4, 0.5) is 10.5 Å². The van der Waals surface area contributed by atoms with Crippen molar-refractivity contribution in [2.75, 3.05) is 5.32 Å². The highest BCUT2D eigenvalue weighted by Crippen LogP contribution is 2.19. The van der Waals surface area contributed by atoms with Crippen LogP contribution < -0.4 is 26.0 Å². The summed E-state index contributed by atoms with van der Waals surface area (Å²) >= 11 is 0. The summed E-state index contributed by atoms with van der Waals surface area (Å²) < 4.78 is 16.7. The van der Waals surface area contributed by atoms with Crippen molar-refractivity contribution in [1.82, 2.24) is 10.5 Å². The van der Waals surface area contributed by atoms with E-state index in [1.165, 1.54) is 0 Å². The van der Waals surface area contributed by atoms with Crippen LogP contribution in [0.5, 0.6) is 5.75 Å². The molecule has 2 aromatic rings. The van der Waals surface area contributed by atoms with Crippen molar-refractivity contribution in [1.29, 1.82) is 0 Å². The van der Waals surface area contributed by atoms with E-state index in [1.807, 2.05) is 19.9 Å². The number of aromatic nitrogens is 1. The second-order valence-corrected chi connectivity index (χ2v) is 9.81. The van der Waals surface area contributed by atoms with Gasteiger partial charge in [0, 0.05) is 5.69 Å². The number of hydrogen-bond acceptors (Lipinski definition) is 6. The predicted octanol–water partition coefficient (Wildman–Crippen LogP) is 3.87. The van der Waals surface area contributed by atoms with Gasteiger partial charge in [-0.15, -0.1) is 0 Å². The summed E-state index contributed by atoms with van der Waals surface area (Å²) in [6, 6.07) is 6.96. The molecule has 0 aliphatic rings. The zero-order valence-electron chi connectivity index (χ0n) is 21.0. The molecule has 2 rings (SSSR count). The van der Waals surface area contributed by atoms with Gasteiger partial charge in [0.25, 0.3) is 0 Å². The Kier molecular flexibility index (Phi) is 7.95. The molecule has 8 heteroatoms. The first-order valence-corrected chi connectivity index (χ1v) is 10.9. The lowest BCUT2D eigenvalue weighted by Gasteiger charge is -2.27. The highest BCUT2D eigenvalue weighted by molar-refractivity contribution is 5.99. The lowest BCUT2D eigenvalue weighted by atomic mass is 10.0. The summed E-state index contributed by atoms with van der Waals surface area (Å²) in [6.07, 6.45) is 1.34. The molecule has 1 aromatic carbocycles. The van der Waals surface area contributed by atoms with E-state index in [2.05, 4.69) is 29.6 Å². The van der Waals surface area contributed by atoms with E-state index >= 15 is 0 Å². The second kappa shape index (κ2) is 10.1. The van der Waals surface area contributed by atoms with E-state index in [1.54, 1.807) is 58.9 Å². The van der Waals surface area contributed by atoms with Gasteiger partial charge in [0.05, 0.1) is 10.9 Å². The largest absolute Gasteiger partial charge is 0.461 e. The molecular weight excluding hydrogens is 422 g/mol. The van der Waals surface area contributed by atoms with Crippen LogP contribution in [0, 0.1) is 12.8 Å². The molecule has 2 amide bonds. The fourth-order valence-corrected chi connectivity index (χ4v) is 2.97. The summed E-state index contributed by atoms with van der Waals surface area (Å²) in [4.78, 5) is 24.7. The molecule has 0 spiro atoms. The normalized spacial score (nSPS) is 13.6. The minimum Gasteiger partial charge on any atom is -0.461 e. The average molecular weight is 458 g/mol. The van der Waals surface area contributed by atoms with Gasteiger partial charge in [0.2, 0.25) is 5.91 Å². The van der Waals surface area contributed by atoms with Gasteiger partial charge in [-0.05, 0) is 84.7 Å². The van der Waals surface area contributed by atoms with Gasteiger partial charge >= 0.3 is 6.09 Å². The van der Waals surface area contributed by atoms with E-state index in [4.69, 9.17) is 14.0 Å². The zero-order valence-corrected chi connectivity index (χ0v) is 21.0. The first-order valence-electron chi connectivity index (χ1n) is 10.9. The van der Waals surface area contributed by atoms with E-state index in [9.17, 15) is 9.59 Å². The number of alkyl carbamates (subject to hydrolysis) is 1. The van der Waals surface area contributed by atoms with Crippen molar-refractivity contribution in [3.05, 3.63) is 40.6 Å². The topological polar surface area (TPSA) is 103 Å². The highest BCUT2D eigenvalue weighted by Gasteiger charge is 2.31. The molecule has 0 unspecified atom stereocenters. The Bertz CT molecular complexity index is 1110. The Hall–Kier alpha value is -3.29. The van der Waals surface area contributed by atoms with E-state index < -0.39 is 17.2 Å². The summed E-state index contributed by atoms with van der Waals surface area (Å²) in [7, 11) is 0. The van der Waals surface area contributed by atoms with E-state index in [0.29, 0.717) is 28.5 Å². The number of rotatable bonds is 6. The maximum atomic E-state index is 12.7. The van der Waals surface area contributed by atoms with Gasteiger partial charge in [0.15, 0.2) is 5.42 Å². The second-order valence-electron chi connectivity index (χ2n) is 9.81. The van der Waals surface area contributed by atoms with Gasteiger partial charge in [-0.1, -0.05) is 19.0 Å². The van der Waals surface area contributed by atoms with E-state index in [0.717, 1.165) is 10.9 Å². The summed E-state index contributed by atoms with van der Waals surface area (Å²) in [5.41, 5.74) is 0.183. The monoisotopic (exact) mass is 457 g/mol. The quantitative estimate of drug-likeness (QED) is 0.683. The molecule has 0 aliphatic carbocycles. The molecule has 2 N–H and O–H groups in total. The van der Waals surface area contributed by atoms with Crippen molar-refractivity contribution in [3.63, 3.8) is 0 Å². The number of amides is 2. The molecule has 8 nitrogen and oxygen atoms in total. The van der Waals surface area contributed by atoms with Gasteiger partial charge in [-0.2, -0.15) is 0 Å². The Balaban J connectivity index is 2.11. The van der Waals surface area contributed by atoms with E-state index in [-0.39, 0.29) is 5.91 Å². The summed E-state index contributed by atoms with van der Waals surface area (Å²) in [6.45, 7) is 16.4. The fourth-order valence-electron chi connectivity index (χ4n) is 2.97. The number of anilines is 1. The Morgan fingerprint density at radius 3 is 2.24 bits per heavy atom. The van der Waals surface area contributed by atoms with Crippen LogP contribution in [-0.4, -0.2) is 28.3 Å². The summed E-state index contributed by atoms with van der Waals surface area (Å²) in [5, 5.41) is 10.3. The number of nitrogens with one attached hydrogen (secondary N) is 2. The molecule has 0 saturated heterocycles. The maximum absolute atomic E-state index is 12.7. The molecule has 1 heterocycles. The van der Waals surface area contributed by atoms with Gasteiger partial charge in [-0.3, -0.25) is 4.79 Å². The first-order chi connectivity index (χ1) is 15.2.